The molecule has 6 heteroatoms. The number of ether oxygens (including phenoxy) is 2. The number of methoxy groups -OCH3 is 2. The van der Waals surface area contributed by atoms with Gasteiger partial charge in [0.25, 0.3) is 5.91 Å². The van der Waals surface area contributed by atoms with Crippen molar-refractivity contribution in [2.75, 3.05) is 19.5 Å². The topological polar surface area (TPSA) is 73.3 Å². The predicted molar refractivity (Wildman–Crippen MR) is 87.0 cm³/mol. The van der Waals surface area contributed by atoms with Crippen molar-refractivity contribution in [1.29, 1.82) is 0 Å². The molecule has 0 bridgehead atoms. The first kappa shape index (κ1) is 14.8. The minimum absolute atomic E-state index is 0.241. The Morgan fingerprint density at radius 1 is 0.913 bits per heavy atom. The first-order valence-electron chi connectivity index (χ1n) is 6.95. The van der Waals surface area contributed by atoms with Gasteiger partial charge in [-0.2, -0.15) is 0 Å². The Morgan fingerprint density at radius 3 is 2.39 bits per heavy atom. The molecule has 0 fully saturated rings. The lowest BCUT2D eigenvalue weighted by Gasteiger charge is -2.10. The summed E-state index contributed by atoms with van der Waals surface area (Å²) in [5.41, 5.74) is 2.62. The normalized spacial score (nSPS) is 10.3. The number of nitrogens with one attached hydrogen (secondary N) is 1. The largest absolute Gasteiger partial charge is 0.493 e. The van der Waals surface area contributed by atoms with Crippen LogP contribution in [0, 0.1) is 0 Å². The zero-order valence-electron chi connectivity index (χ0n) is 12.7. The Labute approximate surface area is 133 Å². The van der Waals surface area contributed by atoms with Gasteiger partial charge < -0.3 is 14.8 Å². The van der Waals surface area contributed by atoms with Crippen molar-refractivity contribution in [3.8, 4) is 11.5 Å². The summed E-state index contributed by atoms with van der Waals surface area (Å²) in [4.78, 5) is 20.8. The van der Waals surface area contributed by atoms with Gasteiger partial charge in [0, 0.05) is 23.6 Å². The van der Waals surface area contributed by atoms with E-state index in [0.29, 0.717) is 22.7 Å². The molecule has 1 aromatic heterocycles. The highest BCUT2D eigenvalue weighted by Crippen LogP contribution is 2.28. The second-order valence-corrected chi connectivity index (χ2v) is 4.78. The van der Waals surface area contributed by atoms with Crippen LogP contribution in [0.4, 0.5) is 5.69 Å². The SMILES string of the molecule is COc1ccc(C(=O)Nc2ccc3nccnc3c2)cc1OC. The Balaban J connectivity index is 1.85. The van der Waals surface area contributed by atoms with E-state index in [1.54, 1.807) is 49.8 Å². The molecule has 116 valence electrons. The van der Waals surface area contributed by atoms with Crippen molar-refractivity contribution in [2.24, 2.45) is 0 Å². The second kappa shape index (κ2) is 6.31. The van der Waals surface area contributed by atoms with Crippen LogP contribution < -0.4 is 14.8 Å². The zero-order valence-corrected chi connectivity index (χ0v) is 12.7. The first-order valence-corrected chi connectivity index (χ1v) is 6.95. The van der Waals surface area contributed by atoms with E-state index in [9.17, 15) is 4.79 Å². The predicted octanol–water partition coefficient (Wildman–Crippen LogP) is 2.90. The number of fused-ring (bicyclic) bond motifs is 1. The third-order valence-corrected chi connectivity index (χ3v) is 3.37. The van der Waals surface area contributed by atoms with Gasteiger partial charge in [0.2, 0.25) is 0 Å². The molecule has 1 N–H and O–H groups in total. The number of hydrogen-bond donors (Lipinski definition) is 1. The summed E-state index contributed by atoms with van der Waals surface area (Å²) in [5, 5.41) is 2.84. The molecule has 0 saturated heterocycles. The molecule has 1 amide bonds. The summed E-state index contributed by atoms with van der Waals surface area (Å²) >= 11 is 0. The molecule has 0 aliphatic rings. The fourth-order valence-corrected chi connectivity index (χ4v) is 2.22. The number of rotatable bonds is 4. The van der Waals surface area contributed by atoms with Crippen LogP contribution in [0.15, 0.2) is 48.8 Å². The Morgan fingerprint density at radius 2 is 1.65 bits per heavy atom. The smallest absolute Gasteiger partial charge is 0.255 e. The third kappa shape index (κ3) is 3.06. The molecule has 0 aliphatic carbocycles. The van der Waals surface area contributed by atoms with Gasteiger partial charge in [0.1, 0.15) is 0 Å². The Kier molecular flexibility index (Phi) is 4.05. The number of anilines is 1. The molecule has 0 unspecified atom stereocenters. The van der Waals surface area contributed by atoms with E-state index in [4.69, 9.17) is 9.47 Å². The van der Waals surface area contributed by atoms with E-state index < -0.39 is 0 Å². The Bertz CT molecular complexity index is 865. The highest BCUT2D eigenvalue weighted by Gasteiger charge is 2.11. The number of hydrogen-bond acceptors (Lipinski definition) is 5. The Hall–Kier alpha value is -3.15. The van der Waals surface area contributed by atoms with Crippen LogP contribution in [0.1, 0.15) is 10.4 Å². The van der Waals surface area contributed by atoms with Crippen molar-refractivity contribution in [2.45, 2.75) is 0 Å². The van der Waals surface area contributed by atoms with E-state index in [1.165, 1.54) is 7.11 Å². The number of carbonyl (C=O) groups excluding carboxylic acids is 1. The van der Waals surface area contributed by atoms with Gasteiger partial charge in [0.05, 0.1) is 25.3 Å². The molecular weight excluding hydrogens is 294 g/mol. The van der Waals surface area contributed by atoms with Crippen LogP contribution in [-0.4, -0.2) is 30.1 Å². The van der Waals surface area contributed by atoms with Gasteiger partial charge >= 0.3 is 0 Å². The van der Waals surface area contributed by atoms with Crippen LogP contribution in [0.2, 0.25) is 0 Å². The molecule has 0 aliphatic heterocycles. The van der Waals surface area contributed by atoms with Gasteiger partial charge in [-0.05, 0) is 36.4 Å². The van der Waals surface area contributed by atoms with Crippen molar-refractivity contribution >= 4 is 22.6 Å². The highest BCUT2D eigenvalue weighted by atomic mass is 16.5. The number of benzene rings is 2. The van der Waals surface area contributed by atoms with E-state index in [0.717, 1.165) is 11.0 Å². The molecule has 0 atom stereocenters. The summed E-state index contributed by atoms with van der Waals surface area (Å²) in [6.07, 6.45) is 3.24. The van der Waals surface area contributed by atoms with Crippen molar-refractivity contribution in [3.05, 3.63) is 54.4 Å². The van der Waals surface area contributed by atoms with Crippen molar-refractivity contribution in [3.63, 3.8) is 0 Å². The average Bonchev–Trinajstić information content (AvgIpc) is 2.60. The van der Waals surface area contributed by atoms with Crippen LogP contribution >= 0.6 is 0 Å². The molecule has 0 saturated carbocycles. The summed E-state index contributed by atoms with van der Waals surface area (Å²) in [6, 6.07) is 10.4. The summed E-state index contributed by atoms with van der Waals surface area (Å²) < 4.78 is 10.4. The van der Waals surface area contributed by atoms with Gasteiger partial charge in [-0.3, -0.25) is 14.8 Å². The third-order valence-electron chi connectivity index (χ3n) is 3.37. The van der Waals surface area contributed by atoms with Crippen molar-refractivity contribution in [1.82, 2.24) is 9.97 Å². The lowest BCUT2D eigenvalue weighted by atomic mass is 10.1. The monoisotopic (exact) mass is 309 g/mol. The molecule has 2 aromatic carbocycles. The average molecular weight is 309 g/mol. The van der Waals surface area contributed by atoms with Crippen LogP contribution in [0.3, 0.4) is 0 Å². The fraction of sp³-hybridized carbons (Fsp3) is 0.118. The maximum Gasteiger partial charge on any atom is 0.255 e. The van der Waals surface area contributed by atoms with Crippen LogP contribution in [-0.2, 0) is 0 Å². The number of aromatic nitrogens is 2. The minimum atomic E-state index is -0.241. The van der Waals surface area contributed by atoms with Crippen LogP contribution in [0.25, 0.3) is 11.0 Å². The lowest BCUT2D eigenvalue weighted by Crippen LogP contribution is -2.12. The molecule has 0 radical (unpaired) electrons. The number of amides is 1. The number of nitrogens with zero attached hydrogens (tertiary/aromatic N) is 2. The zero-order chi connectivity index (χ0) is 16.2. The second-order valence-electron chi connectivity index (χ2n) is 4.78. The van der Waals surface area contributed by atoms with Crippen LogP contribution in [0.5, 0.6) is 11.5 Å². The summed E-state index contributed by atoms with van der Waals surface area (Å²) in [5.74, 6) is 0.837. The molecular formula is C17H15N3O3. The van der Waals surface area contributed by atoms with Gasteiger partial charge in [-0.25, -0.2) is 0 Å². The van der Waals surface area contributed by atoms with E-state index in [-0.39, 0.29) is 5.91 Å². The van der Waals surface area contributed by atoms with E-state index in [2.05, 4.69) is 15.3 Å². The summed E-state index contributed by atoms with van der Waals surface area (Å²) in [7, 11) is 3.08. The van der Waals surface area contributed by atoms with E-state index in [1.807, 2.05) is 6.07 Å². The highest BCUT2D eigenvalue weighted by molar-refractivity contribution is 6.05. The lowest BCUT2D eigenvalue weighted by molar-refractivity contribution is 0.102. The van der Waals surface area contributed by atoms with E-state index >= 15 is 0 Å². The maximum atomic E-state index is 12.4. The number of carbonyl (C=O) groups is 1. The standard InChI is InChI=1S/C17H15N3O3/c1-22-15-6-3-11(9-16(15)23-2)17(21)20-12-4-5-13-14(10-12)19-8-7-18-13/h3-10H,1-2H3,(H,20,21). The first-order chi connectivity index (χ1) is 11.2. The van der Waals surface area contributed by atoms with Gasteiger partial charge in [-0.15, -0.1) is 0 Å². The quantitative estimate of drug-likeness (QED) is 0.802. The van der Waals surface area contributed by atoms with Gasteiger partial charge in [0.15, 0.2) is 11.5 Å². The van der Waals surface area contributed by atoms with Crippen molar-refractivity contribution < 1.29 is 14.3 Å². The van der Waals surface area contributed by atoms with Gasteiger partial charge in [-0.1, -0.05) is 0 Å². The molecule has 23 heavy (non-hydrogen) atoms. The molecule has 6 nitrogen and oxygen atoms in total. The molecule has 0 spiro atoms. The summed E-state index contributed by atoms with van der Waals surface area (Å²) in [6.45, 7) is 0. The minimum Gasteiger partial charge on any atom is -0.493 e. The molecule has 3 rings (SSSR count). The molecule has 1 heterocycles. The fourth-order valence-electron chi connectivity index (χ4n) is 2.22. The molecule has 3 aromatic rings. The maximum absolute atomic E-state index is 12.4.